The van der Waals surface area contributed by atoms with E-state index in [1.807, 2.05) is 38.2 Å². The third kappa shape index (κ3) is 15.7. The van der Waals surface area contributed by atoms with Gasteiger partial charge in [0.1, 0.15) is 0 Å². The van der Waals surface area contributed by atoms with Crippen LogP contribution in [0.25, 0.3) is 0 Å². The average Bonchev–Trinajstić information content (AvgIpc) is 2.11. The van der Waals surface area contributed by atoms with Gasteiger partial charge in [0.2, 0.25) is 0 Å². The quantitative estimate of drug-likeness (QED) is 0.285. The van der Waals surface area contributed by atoms with Gasteiger partial charge < -0.3 is 4.90 Å². The molecule has 52 valence electrons. The Morgan fingerprint density at radius 2 is 1.80 bits per heavy atom. The molecule has 0 aliphatic heterocycles. The summed E-state index contributed by atoms with van der Waals surface area (Å²) in [6, 6.07) is 0. The van der Waals surface area contributed by atoms with Gasteiger partial charge in [-0.15, -0.1) is 6.42 Å². The summed E-state index contributed by atoms with van der Waals surface area (Å²) >= 11 is 0. The minimum Gasteiger partial charge on any atom is -0.312 e. The third-order valence-electron chi connectivity index (χ3n) is 0.586. The fraction of sp³-hybridized carbons (Fsp3) is 0.500. The van der Waals surface area contributed by atoms with Crippen molar-refractivity contribution in [1.29, 1.82) is 0 Å². The summed E-state index contributed by atoms with van der Waals surface area (Å²) in [5.74, 6) is 0. The minimum atomic E-state index is 0. The monoisotopic (exact) mass is 131 g/mol. The summed E-state index contributed by atoms with van der Waals surface area (Å²) in [6.45, 7) is 0. The van der Waals surface area contributed by atoms with E-state index < -0.39 is 0 Å². The molecule has 1 rings (SSSR count). The average molecular weight is 131 g/mol. The Balaban J connectivity index is 0. The maximum absolute atomic E-state index is 2.99. The van der Waals surface area contributed by atoms with E-state index >= 15 is 0 Å². The molecular weight excluding hydrogens is 117 g/mol. The third-order valence-corrected chi connectivity index (χ3v) is 0.586. The second-order valence-electron chi connectivity index (χ2n) is 2.34. The van der Waals surface area contributed by atoms with E-state index in [4.69, 9.17) is 0 Å². The van der Waals surface area contributed by atoms with Gasteiger partial charge in [0.05, 0.1) is 0 Å². The number of hydrogen-bond donors (Lipinski definition) is 0. The van der Waals surface area contributed by atoms with E-state index in [2.05, 4.69) is 12.2 Å². The van der Waals surface area contributed by atoms with Crippen LogP contribution in [0.4, 0.5) is 0 Å². The van der Waals surface area contributed by atoms with Gasteiger partial charge in [-0.25, -0.2) is 12.2 Å². The summed E-state index contributed by atoms with van der Waals surface area (Å²) < 4.78 is 0. The molecule has 0 aromatic carbocycles. The Kier molecular flexibility index (Phi) is 11.5. The Morgan fingerprint density at radius 1 is 1.30 bits per heavy atom. The summed E-state index contributed by atoms with van der Waals surface area (Å²) in [4.78, 5) is 2.00. The zero-order valence-electron chi connectivity index (χ0n) is 7.39. The molecule has 0 atom stereocenters. The molecular formula is C8H14LiN. The van der Waals surface area contributed by atoms with E-state index in [9.17, 15) is 0 Å². The Bertz CT molecular complexity index is 93.1. The molecule has 0 amide bonds. The molecule has 1 nitrogen and oxygen atoms in total. The first-order valence-electron chi connectivity index (χ1n) is 3.06. The topological polar surface area (TPSA) is 3.24 Å². The number of rotatable bonds is 0. The molecule has 0 bridgehead atoms. The first-order valence-corrected chi connectivity index (χ1v) is 3.06. The van der Waals surface area contributed by atoms with E-state index in [0.29, 0.717) is 0 Å². The maximum Gasteiger partial charge on any atom is 1.00 e. The van der Waals surface area contributed by atoms with Crippen molar-refractivity contribution in [2.45, 2.75) is 6.42 Å². The number of nitrogens with zero attached hydrogens (tertiary/aromatic N) is 1. The van der Waals surface area contributed by atoms with Crippen molar-refractivity contribution in [1.82, 2.24) is 4.90 Å². The summed E-state index contributed by atoms with van der Waals surface area (Å²) in [7, 11) is 6.00. The smallest absolute Gasteiger partial charge is 0.312 e. The predicted octanol–water partition coefficient (Wildman–Crippen LogP) is -1.51. The van der Waals surface area contributed by atoms with Crippen molar-refractivity contribution in [3.8, 4) is 0 Å². The van der Waals surface area contributed by atoms with Crippen LogP contribution in [0, 0.1) is 6.08 Å². The Morgan fingerprint density at radius 3 is 1.90 bits per heavy atom. The van der Waals surface area contributed by atoms with Crippen LogP contribution in [0.3, 0.4) is 0 Å². The van der Waals surface area contributed by atoms with E-state index in [-0.39, 0.29) is 18.9 Å². The molecule has 0 N–H and O–H groups in total. The second kappa shape index (κ2) is 9.04. The van der Waals surface area contributed by atoms with Crippen molar-refractivity contribution in [2.75, 3.05) is 21.1 Å². The van der Waals surface area contributed by atoms with Gasteiger partial charge in [-0.1, -0.05) is 0 Å². The Hall–Kier alpha value is 0.0374. The van der Waals surface area contributed by atoms with E-state index in [1.54, 1.807) is 0 Å². The maximum atomic E-state index is 2.99. The van der Waals surface area contributed by atoms with E-state index in [1.165, 1.54) is 0 Å². The molecule has 0 heterocycles. The van der Waals surface area contributed by atoms with Crippen molar-refractivity contribution < 1.29 is 18.9 Å². The van der Waals surface area contributed by atoms with E-state index in [0.717, 1.165) is 6.42 Å². The van der Waals surface area contributed by atoms with Crippen LogP contribution in [-0.2, 0) is 0 Å². The van der Waals surface area contributed by atoms with Gasteiger partial charge in [-0.2, -0.15) is 6.08 Å². The van der Waals surface area contributed by atoms with Crippen LogP contribution in [0.15, 0.2) is 18.2 Å². The van der Waals surface area contributed by atoms with Crippen molar-refractivity contribution >= 4 is 0 Å². The number of hydrogen-bond acceptors (Lipinski definition) is 1. The van der Waals surface area contributed by atoms with Crippen LogP contribution in [-0.4, -0.2) is 26.0 Å². The van der Waals surface area contributed by atoms with Gasteiger partial charge in [-0.05, 0) is 21.1 Å². The first-order chi connectivity index (χ1) is 4.23. The molecule has 0 saturated carbocycles. The molecule has 0 aromatic rings. The molecule has 2 heteroatoms. The van der Waals surface area contributed by atoms with Crippen molar-refractivity contribution in [2.24, 2.45) is 0 Å². The molecule has 0 radical (unpaired) electrons. The summed E-state index contributed by atoms with van der Waals surface area (Å²) in [5, 5.41) is 0. The first kappa shape index (κ1) is 12.7. The van der Waals surface area contributed by atoms with Gasteiger partial charge in [0.15, 0.2) is 0 Å². The fourth-order valence-electron chi connectivity index (χ4n) is 0.340. The molecule has 10 heavy (non-hydrogen) atoms. The Labute approximate surface area is 76.0 Å². The van der Waals surface area contributed by atoms with Crippen LogP contribution >= 0.6 is 0 Å². The molecule has 1 aliphatic rings. The zero-order chi connectivity index (χ0) is 7.11. The standard InChI is InChI=1S/C5H5.C3H9N.Li/c1-2-4-5-3-1;1-4(2)3;/h1-3H,4H2;1-3H3;/q-1;;+1. The largest absolute Gasteiger partial charge is 1.00 e. The number of allylic oxidation sites excluding steroid dienone is 4. The van der Waals surface area contributed by atoms with Gasteiger partial charge in [-0.3, -0.25) is 6.08 Å². The van der Waals surface area contributed by atoms with Crippen molar-refractivity contribution in [3.63, 3.8) is 0 Å². The summed E-state index contributed by atoms with van der Waals surface area (Å²) in [5.41, 5.74) is 0. The molecule has 0 unspecified atom stereocenters. The van der Waals surface area contributed by atoms with Crippen LogP contribution < -0.4 is 18.9 Å². The van der Waals surface area contributed by atoms with Gasteiger partial charge >= 0.3 is 18.9 Å². The van der Waals surface area contributed by atoms with Crippen LogP contribution in [0.5, 0.6) is 0 Å². The molecule has 0 aromatic heterocycles. The molecule has 0 spiro atoms. The van der Waals surface area contributed by atoms with Gasteiger partial charge in [0, 0.05) is 0 Å². The van der Waals surface area contributed by atoms with Crippen LogP contribution in [0.1, 0.15) is 6.42 Å². The SMILES string of the molecule is CN(C)C.[C-]1=CC=CC1.[Li+]. The predicted molar refractivity (Wildman–Crippen MR) is 41.2 cm³/mol. The fourth-order valence-corrected chi connectivity index (χ4v) is 0.340. The molecule has 1 aliphatic carbocycles. The zero-order valence-corrected chi connectivity index (χ0v) is 7.39. The van der Waals surface area contributed by atoms with Crippen LogP contribution in [0.2, 0.25) is 0 Å². The summed E-state index contributed by atoms with van der Waals surface area (Å²) in [6.07, 6.45) is 10.0. The minimum absolute atomic E-state index is 0. The van der Waals surface area contributed by atoms with Crippen molar-refractivity contribution in [3.05, 3.63) is 24.3 Å². The normalized spacial score (nSPS) is 12.4. The second-order valence-corrected chi connectivity index (χ2v) is 2.34. The molecule has 0 saturated heterocycles. The molecule has 0 fully saturated rings. The van der Waals surface area contributed by atoms with Gasteiger partial charge in [0.25, 0.3) is 0 Å².